The molecule has 240 valence electrons. The number of aryl methyl sites for hydroxylation is 1. The molecule has 1 aliphatic heterocycles. The summed E-state index contributed by atoms with van der Waals surface area (Å²) in [7, 11) is 2.14. The van der Waals surface area contributed by atoms with E-state index < -0.39 is 0 Å². The van der Waals surface area contributed by atoms with Gasteiger partial charge in [-0.1, -0.05) is 121 Å². The Hall–Kier alpha value is -6.57. The Kier molecular flexibility index (Phi) is 6.79. The summed E-state index contributed by atoms with van der Waals surface area (Å²) in [5.41, 5.74) is 17.7. The van der Waals surface area contributed by atoms with Crippen molar-refractivity contribution >= 4 is 45.3 Å². The van der Waals surface area contributed by atoms with Crippen LogP contribution in [0.4, 0.5) is 0 Å². The third-order valence-electron chi connectivity index (χ3n) is 10.4. The van der Waals surface area contributed by atoms with Crippen LogP contribution in [0, 0.1) is 0 Å². The smallest absolute Gasteiger partial charge is 0.164 e. The van der Waals surface area contributed by atoms with Crippen molar-refractivity contribution < 1.29 is 0 Å². The monoisotopic (exact) mass is 652 g/mol. The van der Waals surface area contributed by atoms with E-state index in [0.29, 0.717) is 17.5 Å². The third-order valence-corrected chi connectivity index (χ3v) is 10.4. The number of likely N-dealkylation sites (N-methyl/N-ethyl adjacent to an activating group) is 1. The van der Waals surface area contributed by atoms with Gasteiger partial charge in [0.15, 0.2) is 17.5 Å². The lowest BCUT2D eigenvalue weighted by Crippen LogP contribution is -2.30. The van der Waals surface area contributed by atoms with Crippen LogP contribution >= 0.6 is 0 Å². The van der Waals surface area contributed by atoms with Gasteiger partial charge in [0.1, 0.15) is 0 Å². The average Bonchev–Trinajstić information content (AvgIpc) is 3.20. The zero-order chi connectivity index (χ0) is 33.9. The van der Waals surface area contributed by atoms with Gasteiger partial charge in [0.25, 0.3) is 0 Å². The molecule has 0 bridgehead atoms. The van der Waals surface area contributed by atoms with E-state index in [1.807, 2.05) is 12.2 Å². The Bertz CT molecular complexity index is 2720. The maximum absolute atomic E-state index is 5.29. The van der Waals surface area contributed by atoms with Crippen molar-refractivity contribution in [1.29, 1.82) is 0 Å². The molecule has 0 amide bonds. The van der Waals surface area contributed by atoms with Crippen molar-refractivity contribution in [3.05, 3.63) is 172 Å². The number of aromatic nitrogens is 3. The van der Waals surface area contributed by atoms with Gasteiger partial charge in [-0.3, -0.25) is 0 Å². The molecule has 1 aromatic heterocycles. The maximum atomic E-state index is 5.29. The van der Waals surface area contributed by atoms with Gasteiger partial charge in [0.05, 0.1) is 6.04 Å². The summed E-state index contributed by atoms with van der Waals surface area (Å²) in [5, 5.41) is 4.66. The largest absolute Gasteiger partial charge is 0.369 e. The molecule has 10 rings (SSSR count). The summed E-state index contributed by atoms with van der Waals surface area (Å²) in [6.07, 6.45) is 23.7. The fraction of sp³-hybridized carbons (Fsp3) is 0.0851. The molecule has 6 aromatic rings. The molecule has 3 aliphatic carbocycles. The van der Waals surface area contributed by atoms with Gasteiger partial charge < -0.3 is 4.90 Å². The van der Waals surface area contributed by atoms with Crippen LogP contribution in [0.5, 0.6) is 0 Å². The number of rotatable bonds is 4. The molecule has 4 nitrogen and oxygen atoms in total. The summed E-state index contributed by atoms with van der Waals surface area (Å²) in [5.74, 6) is 1.95. The Morgan fingerprint density at radius 2 is 1.39 bits per heavy atom. The zero-order valence-corrected chi connectivity index (χ0v) is 28.1. The van der Waals surface area contributed by atoms with Crippen molar-refractivity contribution in [2.24, 2.45) is 0 Å². The lowest BCUT2D eigenvalue weighted by atomic mass is 9.89. The lowest BCUT2D eigenvalue weighted by molar-refractivity contribution is 0.424. The Labute approximate surface area is 296 Å². The quantitative estimate of drug-likeness (QED) is 0.178. The van der Waals surface area contributed by atoms with E-state index in [1.54, 1.807) is 0 Å². The van der Waals surface area contributed by atoms with Crippen molar-refractivity contribution in [3.63, 3.8) is 0 Å². The minimum atomic E-state index is 0.275. The summed E-state index contributed by atoms with van der Waals surface area (Å²) in [4.78, 5) is 18.0. The molecule has 0 N–H and O–H groups in total. The predicted molar refractivity (Wildman–Crippen MR) is 210 cm³/mol. The highest BCUT2D eigenvalue weighted by molar-refractivity contribution is 6.03. The van der Waals surface area contributed by atoms with Crippen molar-refractivity contribution in [3.8, 4) is 34.2 Å². The van der Waals surface area contributed by atoms with E-state index in [1.165, 1.54) is 33.0 Å². The van der Waals surface area contributed by atoms with E-state index in [2.05, 4.69) is 157 Å². The molecule has 2 heterocycles. The van der Waals surface area contributed by atoms with Gasteiger partial charge in [0.2, 0.25) is 0 Å². The van der Waals surface area contributed by atoms with E-state index in [-0.39, 0.29) is 6.04 Å². The molecular weight excluding hydrogens is 621 g/mol. The van der Waals surface area contributed by atoms with Gasteiger partial charge in [-0.25, -0.2) is 15.0 Å². The van der Waals surface area contributed by atoms with Crippen molar-refractivity contribution in [2.75, 3.05) is 7.05 Å². The molecule has 0 saturated carbocycles. The molecule has 0 radical (unpaired) electrons. The number of benzene rings is 5. The molecule has 0 spiro atoms. The van der Waals surface area contributed by atoms with E-state index in [0.717, 1.165) is 57.0 Å². The third kappa shape index (κ3) is 4.97. The first-order chi connectivity index (χ1) is 25.2. The first-order valence-electron chi connectivity index (χ1n) is 17.5. The van der Waals surface area contributed by atoms with Crippen molar-refractivity contribution in [1.82, 2.24) is 19.9 Å². The number of nitrogens with zero attached hydrogens (tertiary/aromatic N) is 4. The standard InChI is InChI=1S/C47H32N4/c1-51-29-35(26-34-14-4-11-21-44(34)51)30-22-24-31(25-23-30)45-48-46(42-27-32-12-2-5-15-36(32)38-17-7-9-19-40(38)42)50-47(49-45)43-28-33-13-3-6-16-37(33)39-18-8-10-20-41(39)43/h2,4-6,8,10-12,14-29,44H,3,13H2,1H3. The minimum absolute atomic E-state index is 0.275. The van der Waals surface area contributed by atoms with Crippen LogP contribution in [-0.4, -0.2) is 32.9 Å². The maximum Gasteiger partial charge on any atom is 0.164 e. The van der Waals surface area contributed by atoms with Gasteiger partial charge in [0, 0.05) is 35.5 Å². The second-order valence-corrected chi connectivity index (χ2v) is 13.5. The lowest BCUT2D eigenvalue weighted by Gasteiger charge is -2.31. The molecular formula is C47H32N4. The minimum Gasteiger partial charge on any atom is -0.369 e. The first kappa shape index (κ1) is 29.4. The normalized spacial score (nSPS) is 16.6. The summed E-state index contributed by atoms with van der Waals surface area (Å²) < 4.78 is 0. The summed E-state index contributed by atoms with van der Waals surface area (Å²) >= 11 is 0. The molecule has 0 fully saturated rings. The van der Waals surface area contributed by atoms with Crippen molar-refractivity contribution in [2.45, 2.75) is 18.9 Å². The predicted octanol–water partition coefficient (Wildman–Crippen LogP) is 10.6. The number of hydrogen-bond donors (Lipinski definition) is 0. The zero-order valence-electron chi connectivity index (χ0n) is 28.1. The molecule has 5 aromatic carbocycles. The number of allylic oxidation sites excluding steroid dienone is 5. The van der Waals surface area contributed by atoms with Crippen LogP contribution in [-0.2, 0) is 6.42 Å². The summed E-state index contributed by atoms with van der Waals surface area (Å²) in [6.45, 7) is 0. The first-order valence-corrected chi connectivity index (χ1v) is 17.5. The molecule has 1 unspecified atom stereocenters. The molecule has 51 heavy (non-hydrogen) atoms. The summed E-state index contributed by atoms with van der Waals surface area (Å²) in [6, 6.07) is 30.5. The highest BCUT2D eigenvalue weighted by Gasteiger charge is 2.22. The molecule has 0 saturated heterocycles. The highest BCUT2D eigenvalue weighted by atomic mass is 15.1. The van der Waals surface area contributed by atoms with Crippen LogP contribution < -0.4 is 0 Å². The highest BCUT2D eigenvalue weighted by Crippen LogP contribution is 2.39. The SMILES string of the molecule is CN1C=C(c2ccc(-c3nc(-c4cc5ccccc5c5c4C=C=C=C5)nc(-c4cc5c(c6ccccc46)C=CCC5)n3)cc2)C=C2C=CC=CC21. The molecule has 4 aliphatic rings. The molecule has 1 atom stereocenters. The van der Waals surface area contributed by atoms with Gasteiger partial charge in [-0.2, -0.15) is 0 Å². The number of hydrogen-bond acceptors (Lipinski definition) is 4. The average molecular weight is 653 g/mol. The second kappa shape index (κ2) is 11.8. The van der Waals surface area contributed by atoms with Crippen LogP contribution in [0.25, 0.3) is 79.5 Å². The van der Waals surface area contributed by atoms with E-state index in [9.17, 15) is 0 Å². The van der Waals surface area contributed by atoms with Crippen LogP contribution in [0.2, 0.25) is 0 Å². The Balaban J connectivity index is 1.17. The van der Waals surface area contributed by atoms with Gasteiger partial charge in [-0.05, 0) is 98.1 Å². The second-order valence-electron chi connectivity index (χ2n) is 13.5. The van der Waals surface area contributed by atoms with Gasteiger partial charge in [-0.15, -0.1) is 0 Å². The van der Waals surface area contributed by atoms with Crippen LogP contribution in [0.1, 0.15) is 34.2 Å². The molecule has 4 heteroatoms. The number of fused-ring (bicyclic) bond motifs is 7. The Morgan fingerprint density at radius 3 is 2.25 bits per heavy atom. The van der Waals surface area contributed by atoms with Crippen LogP contribution in [0.15, 0.2) is 145 Å². The van der Waals surface area contributed by atoms with E-state index in [4.69, 9.17) is 15.0 Å². The topological polar surface area (TPSA) is 41.9 Å². The fourth-order valence-corrected chi connectivity index (χ4v) is 7.88. The fourth-order valence-electron chi connectivity index (χ4n) is 7.88. The van der Waals surface area contributed by atoms with Gasteiger partial charge >= 0.3 is 0 Å². The van der Waals surface area contributed by atoms with Crippen LogP contribution in [0.3, 0.4) is 0 Å². The Morgan fingerprint density at radius 1 is 0.667 bits per heavy atom. The van der Waals surface area contributed by atoms with E-state index >= 15 is 0 Å².